The second kappa shape index (κ2) is 6.78. The van der Waals surface area contributed by atoms with Crippen LogP contribution in [0.1, 0.15) is 22.3 Å². The Morgan fingerprint density at radius 1 is 1.19 bits per heavy atom. The number of amides is 1. The standard InChI is InChI=1S/C15H18FNO4/c1-10-8-11-13(12(16)9-10)17(15(19)14(11)18)4-7-21-6-3-5-20-2/h8-9H,3-7H2,1-2H3. The Bertz CT molecular complexity index is 559. The van der Waals surface area contributed by atoms with Crippen LogP contribution in [0.3, 0.4) is 0 Å². The average molecular weight is 295 g/mol. The van der Waals surface area contributed by atoms with Gasteiger partial charge in [0.2, 0.25) is 0 Å². The second-order valence-corrected chi connectivity index (χ2v) is 4.89. The molecule has 114 valence electrons. The third-order valence-electron chi connectivity index (χ3n) is 3.26. The van der Waals surface area contributed by atoms with Crippen molar-refractivity contribution in [3.8, 4) is 0 Å². The summed E-state index contributed by atoms with van der Waals surface area (Å²) in [7, 11) is 1.61. The molecule has 0 spiro atoms. The summed E-state index contributed by atoms with van der Waals surface area (Å²) >= 11 is 0. The van der Waals surface area contributed by atoms with E-state index in [0.717, 1.165) is 11.3 Å². The number of anilines is 1. The highest BCUT2D eigenvalue weighted by Gasteiger charge is 2.37. The van der Waals surface area contributed by atoms with Crippen LogP contribution in [-0.2, 0) is 14.3 Å². The SMILES string of the molecule is COCCCOCCN1C(=O)C(=O)c2cc(C)cc(F)c21. The first-order valence-corrected chi connectivity index (χ1v) is 6.79. The van der Waals surface area contributed by atoms with E-state index in [9.17, 15) is 14.0 Å². The first-order chi connectivity index (χ1) is 10.1. The van der Waals surface area contributed by atoms with Gasteiger partial charge in [-0.2, -0.15) is 0 Å². The second-order valence-electron chi connectivity index (χ2n) is 4.89. The molecule has 0 saturated carbocycles. The number of hydrogen-bond donors (Lipinski definition) is 0. The van der Waals surface area contributed by atoms with E-state index < -0.39 is 17.5 Å². The molecule has 0 fully saturated rings. The molecule has 0 aliphatic carbocycles. The Morgan fingerprint density at radius 3 is 2.67 bits per heavy atom. The van der Waals surface area contributed by atoms with Crippen molar-refractivity contribution in [2.24, 2.45) is 0 Å². The Kier molecular flexibility index (Phi) is 5.03. The van der Waals surface area contributed by atoms with Gasteiger partial charge in [-0.05, 0) is 31.0 Å². The molecule has 21 heavy (non-hydrogen) atoms. The molecule has 1 heterocycles. The van der Waals surface area contributed by atoms with Crippen molar-refractivity contribution >= 4 is 17.4 Å². The number of nitrogens with zero attached hydrogens (tertiary/aromatic N) is 1. The maximum absolute atomic E-state index is 14.0. The Morgan fingerprint density at radius 2 is 1.95 bits per heavy atom. The predicted molar refractivity (Wildman–Crippen MR) is 75.1 cm³/mol. The summed E-state index contributed by atoms with van der Waals surface area (Å²) in [6.45, 7) is 3.17. The minimum atomic E-state index is -0.699. The fraction of sp³-hybridized carbons (Fsp3) is 0.467. The summed E-state index contributed by atoms with van der Waals surface area (Å²) in [5.41, 5.74) is 0.818. The largest absolute Gasteiger partial charge is 0.385 e. The molecule has 0 atom stereocenters. The maximum Gasteiger partial charge on any atom is 0.299 e. The van der Waals surface area contributed by atoms with Crippen LogP contribution in [0.25, 0.3) is 0 Å². The van der Waals surface area contributed by atoms with Crippen molar-refractivity contribution in [3.05, 3.63) is 29.1 Å². The lowest BCUT2D eigenvalue weighted by atomic mass is 10.1. The number of Topliss-reactive ketones (excluding diaryl/α,β-unsaturated/α-hetero) is 1. The van der Waals surface area contributed by atoms with Crippen LogP contribution in [0.5, 0.6) is 0 Å². The topological polar surface area (TPSA) is 55.8 Å². The molecule has 2 rings (SSSR count). The van der Waals surface area contributed by atoms with Gasteiger partial charge < -0.3 is 9.47 Å². The van der Waals surface area contributed by atoms with E-state index >= 15 is 0 Å². The Hall–Kier alpha value is -1.79. The fourth-order valence-electron chi connectivity index (χ4n) is 2.30. The summed E-state index contributed by atoms with van der Waals surface area (Å²) in [5, 5.41) is 0. The van der Waals surface area contributed by atoms with Gasteiger partial charge in [-0.15, -0.1) is 0 Å². The summed E-state index contributed by atoms with van der Waals surface area (Å²) in [4.78, 5) is 25.0. The summed E-state index contributed by atoms with van der Waals surface area (Å²) in [6, 6.07) is 2.86. The number of ketones is 1. The predicted octanol–water partition coefficient (Wildman–Crippen LogP) is 1.72. The van der Waals surface area contributed by atoms with E-state index in [-0.39, 0.29) is 24.4 Å². The molecular formula is C15H18FNO4. The zero-order valence-electron chi connectivity index (χ0n) is 12.1. The minimum Gasteiger partial charge on any atom is -0.385 e. The third-order valence-corrected chi connectivity index (χ3v) is 3.26. The molecule has 1 aromatic rings. The van der Waals surface area contributed by atoms with Gasteiger partial charge in [0.15, 0.2) is 0 Å². The van der Waals surface area contributed by atoms with Gasteiger partial charge in [0, 0.05) is 26.9 Å². The van der Waals surface area contributed by atoms with Crippen LogP contribution in [0.2, 0.25) is 0 Å². The molecule has 0 N–H and O–H groups in total. The normalized spacial score (nSPS) is 14.0. The van der Waals surface area contributed by atoms with E-state index in [2.05, 4.69) is 0 Å². The smallest absolute Gasteiger partial charge is 0.299 e. The lowest BCUT2D eigenvalue weighted by Crippen LogP contribution is -2.33. The van der Waals surface area contributed by atoms with Crippen LogP contribution >= 0.6 is 0 Å². The highest BCUT2D eigenvalue weighted by molar-refractivity contribution is 6.52. The van der Waals surface area contributed by atoms with Crippen molar-refractivity contribution in [3.63, 3.8) is 0 Å². The molecule has 5 nitrogen and oxygen atoms in total. The van der Waals surface area contributed by atoms with Crippen molar-refractivity contribution in [2.75, 3.05) is 38.4 Å². The van der Waals surface area contributed by atoms with Gasteiger partial charge >= 0.3 is 0 Å². The Balaban J connectivity index is 2.02. The van der Waals surface area contributed by atoms with Gasteiger partial charge in [0.1, 0.15) is 5.82 Å². The molecule has 0 radical (unpaired) electrons. The molecule has 1 aliphatic rings. The van der Waals surface area contributed by atoms with Crippen molar-refractivity contribution in [1.82, 2.24) is 0 Å². The number of carbonyl (C=O) groups is 2. The molecule has 0 bridgehead atoms. The van der Waals surface area contributed by atoms with Gasteiger partial charge in [-0.1, -0.05) is 0 Å². The summed E-state index contributed by atoms with van der Waals surface area (Å²) in [6.07, 6.45) is 0.744. The van der Waals surface area contributed by atoms with Gasteiger partial charge in [0.05, 0.1) is 17.9 Å². The van der Waals surface area contributed by atoms with Crippen LogP contribution in [0.4, 0.5) is 10.1 Å². The van der Waals surface area contributed by atoms with Gasteiger partial charge in [0.25, 0.3) is 11.7 Å². The fourth-order valence-corrected chi connectivity index (χ4v) is 2.30. The molecule has 1 aliphatic heterocycles. The number of fused-ring (bicyclic) bond motifs is 1. The first-order valence-electron chi connectivity index (χ1n) is 6.79. The van der Waals surface area contributed by atoms with Gasteiger partial charge in [-0.3, -0.25) is 14.5 Å². The number of methoxy groups -OCH3 is 1. The number of halogens is 1. The lowest BCUT2D eigenvalue weighted by molar-refractivity contribution is -0.114. The van der Waals surface area contributed by atoms with Crippen molar-refractivity contribution < 1.29 is 23.5 Å². The van der Waals surface area contributed by atoms with Crippen LogP contribution < -0.4 is 4.90 Å². The summed E-state index contributed by atoms with van der Waals surface area (Å²) < 4.78 is 24.3. The Labute approximate surface area is 122 Å². The molecule has 0 aromatic heterocycles. The zero-order valence-corrected chi connectivity index (χ0v) is 12.1. The molecular weight excluding hydrogens is 277 g/mol. The molecule has 0 unspecified atom stereocenters. The highest BCUT2D eigenvalue weighted by atomic mass is 19.1. The monoisotopic (exact) mass is 295 g/mol. The van der Waals surface area contributed by atoms with Crippen molar-refractivity contribution in [2.45, 2.75) is 13.3 Å². The van der Waals surface area contributed by atoms with Gasteiger partial charge in [-0.25, -0.2) is 4.39 Å². The van der Waals surface area contributed by atoms with E-state index in [1.165, 1.54) is 12.1 Å². The van der Waals surface area contributed by atoms with Crippen molar-refractivity contribution in [1.29, 1.82) is 0 Å². The minimum absolute atomic E-state index is 0.0658. The number of rotatable bonds is 7. The molecule has 1 amide bonds. The van der Waals surface area contributed by atoms with E-state index in [1.807, 2.05) is 0 Å². The van der Waals surface area contributed by atoms with E-state index in [4.69, 9.17) is 9.47 Å². The molecule has 1 aromatic carbocycles. The number of carbonyl (C=O) groups excluding carboxylic acids is 2. The first kappa shape index (κ1) is 15.6. The summed E-state index contributed by atoms with van der Waals surface area (Å²) in [5.74, 6) is -1.91. The maximum atomic E-state index is 14.0. The zero-order chi connectivity index (χ0) is 15.4. The quantitative estimate of drug-likeness (QED) is 0.568. The molecule has 0 saturated heterocycles. The number of ether oxygens (including phenoxy) is 2. The number of benzene rings is 1. The van der Waals surface area contributed by atoms with Crippen LogP contribution in [0, 0.1) is 12.7 Å². The van der Waals surface area contributed by atoms with E-state index in [0.29, 0.717) is 18.8 Å². The highest BCUT2D eigenvalue weighted by Crippen LogP contribution is 2.32. The number of aryl methyl sites for hydroxylation is 1. The average Bonchev–Trinajstić information content (AvgIpc) is 2.68. The molecule has 6 heteroatoms. The lowest BCUT2D eigenvalue weighted by Gasteiger charge is -2.17. The third kappa shape index (κ3) is 3.28. The van der Waals surface area contributed by atoms with Crippen LogP contribution in [0.15, 0.2) is 12.1 Å². The van der Waals surface area contributed by atoms with E-state index in [1.54, 1.807) is 14.0 Å². The van der Waals surface area contributed by atoms with Crippen LogP contribution in [-0.4, -0.2) is 45.2 Å². The number of hydrogen-bond acceptors (Lipinski definition) is 4.